The molecule has 8 nitrogen and oxygen atoms in total. The van der Waals surface area contributed by atoms with Crippen LogP contribution < -0.4 is 10.0 Å². The molecule has 0 amide bonds. The van der Waals surface area contributed by atoms with E-state index in [1.807, 2.05) is 31.4 Å². The minimum Gasteiger partial charge on any atom is -0.354 e. The Bertz CT molecular complexity index is 872. The third-order valence-corrected chi connectivity index (χ3v) is 6.99. The molecule has 1 spiro atoms. The quantitative estimate of drug-likeness (QED) is 0.768. The molecule has 2 aliphatic rings. The molecule has 2 fully saturated rings. The van der Waals surface area contributed by atoms with Crippen molar-refractivity contribution in [2.45, 2.75) is 25.8 Å². The molecule has 2 aromatic heterocycles. The summed E-state index contributed by atoms with van der Waals surface area (Å²) in [6.45, 7) is 5.52. The molecule has 1 saturated carbocycles. The first-order valence-electron chi connectivity index (χ1n) is 9.11. The van der Waals surface area contributed by atoms with E-state index in [2.05, 4.69) is 19.9 Å². The van der Waals surface area contributed by atoms with Gasteiger partial charge in [-0.25, -0.2) is 23.2 Å². The van der Waals surface area contributed by atoms with Gasteiger partial charge in [-0.3, -0.25) is 0 Å². The monoisotopic (exact) mass is 411 g/mol. The normalized spacial score (nSPS) is 20.5. The molecule has 3 heterocycles. The van der Waals surface area contributed by atoms with Crippen LogP contribution in [0.3, 0.4) is 0 Å². The molecule has 0 bridgehead atoms. The third-order valence-electron chi connectivity index (χ3n) is 5.78. The van der Waals surface area contributed by atoms with E-state index in [4.69, 9.17) is 16.7 Å². The van der Waals surface area contributed by atoms with Crippen LogP contribution in [-0.2, 0) is 11.2 Å². The first-order chi connectivity index (χ1) is 12.8. The van der Waals surface area contributed by atoms with Gasteiger partial charge in [0.05, 0.1) is 0 Å². The second kappa shape index (κ2) is 6.97. The Hall–Kier alpha value is -1.26. The smallest absolute Gasteiger partial charge is 0.167 e. The SMILES string of the molecule is Cc1cc(Cl)n2ncnc(N3CC4(CC(N(CCN(C)C)S(N)=O)C4)C3)c12. The molecule has 1 saturated heterocycles. The van der Waals surface area contributed by atoms with Gasteiger partial charge in [0.25, 0.3) is 0 Å². The Balaban J connectivity index is 1.42. The zero-order valence-corrected chi connectivity index (χ0v) is 17.5. The molecule has 0 radical (unpaired) electrons. The van der Waals surface area contributed by atoms with E-state index in [0.29, 0.717) is 11.2 Å². The van der Waals surface area contributed by atoms with Crippen LogP contribution in [0.1, 0.15) is 18.4 Å². The van der Waals surface area contributed by atoms with Crippen LogP contribution in [0, 0.1) is 12.3 Å². The lowest BCUT2D eigenvalue weighted by Gasteiger charge is -2.60. The highest BCUT2D eigenvalue weighted by Gasteiger charge is 2.55. The van der Waals surface area contributed by atoms with Crippen molar-refractivity contribution in [3.05, 3.63) is 23.1 Å². The summed E-state index contributed by atoms with van der Waals surface area (Å²) in [5.74, 6) is 0.940. The van der Waals surface area contributed by atoms with Crippen LogP contribution in [0.5, 0.6) is 0 Å². The largest absolute Gasteiger partial charge is 0.354 e. The Morgan fingerprint density at radius 3 is 2.70 bits per heavy atom. The maximum Gasteiger partial charge on any atom is 0.167 e. The fraction of sp³-hybridized carbons (Fsp3) is 0.647. The van der Waals surface area contributed by atoms with Gasteiger partial charge in [-0.15, -0.1) is 0 Å². The minimum absolute atomic E-state index is 0.284. The average Bonchev–Trinajstić information content (AvgIpc) is 2.82. The number of fused-ring (bicyclic) bond motifs is 1. The molecule has 4 rings (SSSR count). The summed E-state index contributed by atoms with van der Waals surface area (Å²) in [4.78, 5) is 8.89. The zero-order chi connectivity index (χ0) is 19.3. The van der Waals surface area contributed by atoms with E-state index in [0.717, 1.165) is 55.9 Å². The Kier molecular flexibility index (Phi) is 4.92. The molecule has 148 valence electrons. The maximum atomic E-state index is 11.9. The summed E-state index contributed by atoms with van der Waals surface area (Å²) in [6.07, 6.45) is 3.62. The summed E-state index contributed by atoms with van der Waals surface area (Å²) < 4.78 is 15.6. The summed E-state index contributed by atoms with van der Waals surface area (Å²) in [6, 6.07) is 2.22. The van der Waals surface area contributed by atoms with Crippen molar-refractivity contribution in [2.75, 3.05) is 45.2 Å². The molecule has 1 aliphatic heterocycles. The van der Waals surface area contributed by atoms with Crippen molar-refractivity contribution in [2.24, 2.45) is 10.6 Å². The first-order valence-corrected chi connectivity index (χ1v) is 10.7. The predicted molar refractivity (Wildman–Crippen MR) is 108 cm³/mol. The number of hydrogen-bond donors (Lipinski definition) is 1. The standard InChI is InChI=1S/C17H26ClN7OS/c1-12-6-14(18)25-15(12)16(20-11-21-25)23-9-17(10-23)7-13(8-17)24(27(19)26)5-4-22(2)3/h6,11,13H,4-5,7-10,19H2,1-3H3. The second-order valence-corrected chi connectivity index (χ2v) is 9.54. The number of aryl methyl sites for hydroxylation is 1. The van der Waals surface area contributed by atoms with E-state index < -0.39 is 11.2 Å². The lowest BCUT2D eigenvalue weighted by atomic mass is 9.60. The number of nitrogens with two attached hydrogens (primary N) is 1. The lowest BCUT2D eigenvalue weighted by molar-refractivity contribution is 0.0139. The molecule has 10 heteroatoms. The number of hydrogen-bond acceptors (Lipinski definition) is 5. The van der Waals surface area contributed by atoms with Gasteiger partial charge in [-0.2, -0.15) is 5.10 Å². The van der Waals surface area contributed by atoms with Gasteiger partial charge < -0.3 is 9.80 Å². The van der Waals surface area contributed by atoms with Gasteiger partial charge in [0.15, 0.2) is 17.0 Å². The fourth-order valence-electron chi connectivity index (χ4n) is 4.42. The Morgan fingerprint density at radius 1 is 1.37 bits per heavy atom. The predicted octanol–water partition coefficient (Wildman–Crippen LogP) is 1.06. The molecule has 2 N–H and O–H groups in total. The molecule has 1 unspecified atom stereocenters. The fourth-order valence-corrected chi connectivity index (χ4v) is 5.42. The number of rotatable bonds is 6. The highest BCUT2D eigenvalue weighted by atomic mass is 35.5. The van der Waals surface area contributed by atoms with Crippen LogP contribution in [0.4, 0.5) is 5.82 Å². The van der Waals surface area contributed by atoms with Crippen molar-refractivity contribution < 1.29 is 4.21 Å². The number of halogens is 1. The van der Waals surface area contributed by atoms with Gasteiger partial charge in [0.1, 0.15) is 17.0 Å². The highest BCUT2D eigenvalue weighted by molar-refractivity contribution is 7.80. The minimum atomic E-state index is -1.42. The molecule has 1 atom stereocenters. The summed E-state index contributed by atoms with van der Waals surface area (Å²) >= 11 is 4.83. The molecular weight excluding hydrogens is 386 g/mol. The Morgan fingerprint density at radius 2 is 2.07 bits per heavy atom. The van der Waals surface area contributed by atoms with Gasteiger partial charge in [0.2, 0.25) is 0 Å². The summed E-state index contributed by atoms with van der Waals surface area (Å²) in [7, 11) is 4.03. The second-order valence-electron chi connectivity index (χ2n) is 8.13. The lowest BCUT2D eigenvalue weighted by Crippen LogP contribution is -2.67. The van der Waals surface area contributed by atoms with Gasteiger partial charge in [-0.1, -0.05) is 11.6 Å². The molecule has 1 aliphatic carbocycles. The molecule has 27 heavy (non-hydrogen) atoms. The molecular formula is C17H26ClN7OS. The van der Waals surface area contributed by atoms with Gasteiger partial charge >= 0.3 is 0 Å². The zero-order valence-electron chi connectivity index (χ0n) is 15.9. The Labute approximate surface area is 167 Å². The van der Waals surface area contributed by atoms with Crippen LogP contribution in [-0.4, -0.2) is 74.3 Å². The van der Waals surface area contributed by atoms with Gasteiger partial charge in [0, 0.05) is 37.6 Å². The van der Waals surface area contributed by atoms with Gasteiger partial charge in [-0.05, 0) is 45.5 Å². The van der Waals surface area contributed by atoms with Crippen LogP contribution in [0.15, 0.2) is 12.4 Å². The summed E-state index contributed by atoms with van der Waals surface area (Å²) in [5, 5.41) is 10.6. The first kappa shape index (κ1) is 19.1. The van der Waals surface area contributed by atoms with Crippen molar-refractivity contribution in [1.29, 1.82) is 0 Å². The van der Waals surface area contributed by atoms with E-state index in [-0.39, 0.29) is 5.41 Å². The number of aromatic nitrogens is 3. The van der Waals surface area contributed by atoms with E-state index in [1.165, 1.54) is 0 Å². The van der Waals surface area contributed by atoms with Crippen molar-refractivity contribution in [1.82, 2.24) is 23.8 Å². The number of likely N-dealkylation sites (N-methyl/N-ethyl adjacent to an activating group) is 1. The highest BCUT2D eigenvalue weighted by Crippen LogP contribution is 2.51. The molecule has 2 aromatic rings. The van der Waals surface area contributed by atoms with Crippen molar-refractivity contribution >= 4 is 34.1 Å². The maximum absolute atomic E-state index is 11.9. The van der Waals surface area contributed by atoms with E-state index >= 15 is 0 Å². The van der Waals surface area contributed by atoms with Crippen molar-refractivity contribution in [3.8, 4) is 0 Å². The van der Waals surface area contributed by atoms with Crippen molar-refractivity contribution in [3.63, 3.8) is 0 Å². The number of anilines is 1. The molecule has 0 aromatic carbocycles. The van der Waals surface area contributed by atoms with Crippen LogP contribution in [0.2, 0.25) is 5.15 Å². The van der Waals surface area contributed by atoms with Crippen LogP contribution >= 0.6 is 11.6 Å². The van der Waals surface area contributed by atoms with E-state index in [1.54, 1.807) is 10.8 Å². The third kappa shape index (κ3) is 3.36. The summed E-state index contributed by atoms with van der Waals surface area (Å²) in [5.41, 5.74) is 2.34. The number of nitrogens with zero attached hydrogens (tertiary/aromatic N) is 6. The average molecular weight is 412 g/mol. The van der Waals surface area contributed by atoms with Crippen LogP contribution in [0.25, 0.3) is 5.52 Å². The van der Waals surface area contributed by atoms with E-state index in [9.17, 15) is 4.21 Å². The topological polar surface area (TPSA) is 83.0 Å².